The molecule has 3 rings (SSSR count). The summed E-state index contributed by atoms with van der Waals surface area (Å²) in [6.07, 6.45) is 6.45. The Hall–Kier alpha value is -0.860. The first-order chi connectivity index (χ1) is 9.66. The molecular formula is C18H28N2. The molecule has 1 aromatic rings. The molecule has 0 aliphatic heterocycles. The Kier molecular flexibility index (Phi) is 4.13. The highest BCUT2D eigenvalue weighted by molar-refractivity contribution is 5.21. The Bertz CT molecular complexity index is 426. The van der Waals surface area contributed by atoms with Crippen molar-refractivity contribution in [3.63, 3.8) is 0 Å². The monoisotopic (exact) mass is 272 g/mol. The van der Waals surface area contributed by atoms with Crippen LogP contribution in [0.2, 0.25) is 0 Å². The van der Waals surface area contributed by atoms with Crippen LogP contribution < -0.4 is 5.73 Å². The smallest absolute Gasteiger partial charge is 0.0252 e. The van der Waals surface area contributed by atoms with E-state index in [0.29, 0.717) is 24.0 Å². The second kappa shape index (κ2) is 5.87. The number of likely N-dealkylation sites (N-methyl/N-ethyl adjacent to an activating group) is 1. The van der Waals surface area contributed by atoms with Gasteiger partial charge in [0.2, 0.25) is 0 Å². The predicted octanol–water partition coefficient (Wildman–Crippen LogP) is 3.38. The molecule has 110 valence electrons. The lowest BCUT2D eigenvalue weighted by atomic mass is 9.78. The standard InChI is InChI=1S/C18H28N2/c1-13(14-8-9-14)20(2)18-12-16(10-11-17(18)19)15-6-4-3-5-7-15/h3-7,13-14,16-18H,8-12,19H2,1-2H3. The van der Waals surface area contributed by atoms with Crippen LogP contribution in [0.5, 0.6) is 0 Å². The molecular weight excluding hydrogens is 244 g/mol. The molecule has 4 unspecified atom stereocenters. The van der Waals surface area contributed by atoms with Crippen LogP contribution >= 0.6 is 0 Å². The van der Waals surface area contributed by atoms with Crippen LogP contribution in [0.4, 0.5) is 0 Å². The van der Waals surface area contributed by atoms with E-state index in [0.717, 1.165) is 12.3 Å². The van der Waals surface area contributed by atoms with Crippen molar-refractivity contribution in [3.05, 3.63) is 35.9 Å². The van der Waals surface area contributed by atoms with Gasteiger partial charge in [-0.3, -0.25) is 4.90 Å². The summed E-state index contributed by atoms with van der Waals surface area (Å²) in [5.41, 5.74) is 7.93. The predicted molar refractivity (Wildman–Crippen MR) is 84.7 cm³/mol. The van der Waals surface area contributed by atoms with Gasteiger partial charge in [0, 0.05) is 18.1 Å². The number of rotatable bonds is 4. The molecule has 1 aromatic carbocycles. The average molecular weight is 272 g/mol. The summed E-state index contributed by atoms with van der Waals surface area (Å²) in [4.78, 5) is 2.58. The normalized spacial score (nSPS) is 32.3. The van der Waals surface area contributed by atoms with Gasteiger partial charge in [0.1, 0.15) is 0 Å². The summed E-state index contributed by atoms with van der Waals surface area (Å²) >= 11 is 0. The van der Waals surface area contributed by atoms with Crippen LogP contribution in [0.3, 0.4) is 0 Å². The maximum absolute atomic E-state index is 6.44. The molecule has 0 saturated heterocycles. The average Bonchev–Trinajstić information content (AvgIpc) is 3.32. The molecule has 0 bridgehead atoms. The molecule has 0 radical (unpaired) electrons. The van der Waals surface area contributed by atoms with E-state index >= 15 is 0 Å². The van der Waals surface area contributed by atoms with E-state index < -0.39 is 0 Å². The number of hydrogen-bond acceptors (Lipinski definition) is 2. The number of hydrogen-bond donors (Lipinski definition) is 1. The fourth-order valence-corrected chi connectivity index (χ4v) is 3.88. The van der Waals surface area contributed by atoms with Gasteiger partial charge in [-0.05, 0) is 63.5 Å². The van der Waals surface area contributed by atoms with Crippen molar-refractivity contribution in [2.24, 2.45) is 11.7 Å². The second-order valence-electron chi connectivity index (χ2n) is 6.90. The van der Waals surface area contributed by atoms with E-state index in [1.165, 1.54) is 31.2 Å². The van der Waals surface area contributed by atoms with Gasteiger partial charge in [0.05, 0.1) is 0 Å². The zero-order chi connectivity index (χ0) is 14.1. The fourth-order valence-electron chi connectivity index (χ4n) is 3.88. The summed E-state index contributed by atoms with van der Waals surface area (Å²) < 4.78 is 0. The Morgan fingerprint density at radius 1 is 1.10 bits per heavy atom. The van der Waals surface area contributed by atoms with Crippen molar-refractivity contribution < 1.29 is 0 Å². The number of nitrogens with zero attached hydrogens (tertiary/aromatic N) is 1. The summed E-state index contributed by atoms with van der Waals surface area (Å²) in [6.45, 7) is 2.39. The second-order valence-corrected chi connectivity index (χ2v) is 6.90. The molecule has 20 heavy (non-hydrogen) atoms. The largest absolute Gasteiger partial charge is 0.326 e. The van der Waals surface area contributed by atoms with Gasteiger partial charge in [-0.2, -0.15) is 0 Å². The van der Waals surface area contributed by atoms with Crippen LogP contribution in [0.1, 0.15) is 50.5 Å². The molecule has 2 fully saturated rings. The van der Waals surface area contributed by atoms with Gasteiger partial charge < -0.3 is 5.73 Å². The highest BCUT2D eigenvalue weighted by atomic mass is 15.2. The topological polar surface area (TPSA) is 29.3 Å². The first-order valence-corrected chi connectivity index (χ1v) is 8.19. The maximum Gasteiger partial charge on any atom is 0.0252 e. The number of nitrogens with two attached hydrogens (primary N) is 1. The lowest BCUT2D eigenvalue weighted by Gasteiger charge is -2.42. The van der Waals surface area contributed by atoms with E-state index in [4.69, 9.17) is 5.73 Å². The van der Waals surface area contributed by atoms with Crippen LogP contribution in [0.25, 0.3) is 0 Å². The van der Waals surface area contributed by atoms with Crippen molar-refractivity contribution >= 4 is 0 Å². The molecule has 2 saturated carbocycles. The van der Waals surface area contributed by atoms with Crippen LogP contribution in [0.15, 0.2) is 30.3 Å². The fraction of sp³-hybridized carbons (Fsp3) is 0.667. The summed E-state index contributed by atoms with van der Waals surface area (Å²) in [6, 6.07) is 12.6. The van der Waals surface area contributed by atoms with Crippen molar-refractivity contribution in [1.82, 2.24) is 4.90 Å². The minimum atomic E-state index is 0.348. The van der Waals surface area contributed by atoms with E-state index in [1.807, 2.05) is 0 Å². The van der Waals surface area contributed by atoms with E-state index in [9.17, 15) is 0 Å². The third kappa shape index (κ3) is 2.91. The molecule has 2 N–H and O–H groups in total. The molecule has 4 atom stereocenters. The number of benzene rings is 1. The van der Waals surface area contributed by atoms with Gasteiger partial charge in [-0.1, -0.05) is 30.3 Å². The van der Waals surface area contributed by atoms with E-state index in [2.05, 4.69) is 49.2 Å². The van der Waals surface area contributed by atoms with Crippen LogP contribution in [-0.4, -0.2) is 30.1 Å². The molecule has 2 nitrogen and oxygen atoms in total. The molecule has 0 heterocycles. The van der Waals surface area contributed by atoms with Gasteiger partial charge in [0.25, 0.3) is 0 Å². The SMILES string of the molecule is CC(C1CC1)N(C)C1CC(c2ccccc2)CCC1N. The van der Waals surface area contributed by atoms with E-state index in [1.54, 1.807) is 0 Å². The first kappa shape index (κ1) is 14.1. The summed E-state index contributed by atoms with van der Waals surface area (Å²) in [5.74, 6) is 1.61. The first-order valence-electron chi connectivity index (χ1n) is 8.19. The minimum absolute atomic E-state index is 0.348. The molecule has 0 amide bonds. The third-order valence-electron chi connectivity index (χ3n) is 5.61. The Morgan fingerprint density at radius 2 is 1.80 bits per heavy atom. The Morgan fingerprint density at radius 3 is 2.45 bits per heavy atom. The van der Waals surface area contributed by atoms with Gasteiger partial charge in [-0.25, -0.2) is 0 Å². The summed E-state index contributed by atoms with van der Waals surface area (Å²) in [7, 11) is 2.29. The third-order valence-corrected chi connectivity index (χ3v) is 5.61. The van der Waals surface area contributed by atoms with Crippen LogP contribution in [0, 0.1) is 5.92 Å². The highest BCUT2D eigenvalue weighted by Gasteiger charge is 2.37. The quantitative estimate of drug-likeness (QED) is 0.910. The van der Waals surface area contributed by atoms with Gasteiger partial charge >= 0.3 is 0 Å². The molecule has 2 heteroatoms. The Labute approximate surface area is 123 Å². The molecule has 2 aliphatic carbocycles. The van der Waals surface area contributed by atoms with Crippen molar-refractivity contribution in [3.8, 4) is 0 Å². The lowest BCUT2D eigenvalue weighted by Crippen LogP contribution is -2.52. The van der Waals surface area contributed by atoms with Gasteiger partial charge in [-0.15, -0.1) is 0 Å². The van der Waals surface area contributed by atoms with Crippen molar-refractivity contribution in [1.29, 1.82) is 0 Å². The zero-order valence-corrected chi connectivity index (χ0v) is 12.8. The molecule has 0 spiro atoms. The highest BCUT2D eigenvalue weighted by Crippen LogP contribution is 2.39. The van der Waals surface area contributed by atoms with Crippen molar-refractivity contribution in [2.75, 3.05) is 7.05 Å². The van der Waals surface area contributed by atoms with Crippen molar-refractivity contribution in [2.45, 2.75) is 63.1 Å². The Balaban J connectivity index is 1.69. The van der Waals surface area contributed by atoms with Gasteiger partial charge in [0.15, 0.2) is 0 Å². The minimum Gasteiger partial charge on any atom is -0.326 e. The summed E-state index contributed by atoms with van der Waals surface area (Å²) in [5, 5.41) is 0. The lowest BCUT2D eigenvalue weighted by molar-refractivity contribution is 0.109. The zero-order valence-electron chi connectivity index (χ0n) is 12.8. The van der Waals surface area contributed by atoms with Crippen LogP contribution in [-0.2, 0) is 0 Å². The van der Waals surface area contributed by atoms with E-state index in [-0.39, 0.29) is 0 Å². The maximum atomic E-state index is 6.44. The molecule has 0 aromatic heterocycles. The molecule has 2 aliphatic rings.